The zero-order chi connectivity index (χ0) is 17.1. The molecule has 1 aromatic heterocycles. The number of benzene rings is 2. The highest BCUT2D eigenvalue weighted by Crippen LogP contribution is 2.28. The van der Waals surface area contributed by atoms with Crippen LogP contribution >= 0.6 is 0 Å². The molecular formula is C18H16N2O4. The maximum Gasteiger partial charge on any atom is 0.362 e. The van der Waals surface area contributed by atoms with E-state index in [1.165, 1.54) is 7.11 Å². The smallest absolute Gasteiger partial charge is 0.362 e. The summed E-state index contributed by atoms with van der Waals surface area (Å²) in [6.45, 7) is 0. The third-order valence-electron chi connectivity index (χ3n) is 3.63. The molecule has 0 aliphatic heterocycles. The van der Waals surface area contributed by atoms with Crippen molar-refractivity contribution in [2.45, 2.75) is 0 Å². The number of amides is 1. The van der Waals surface area contributed by atoms with Gasteiger partial charge < -0.3 is 19.8 Å². The van der Waals surface area contributed by atoms with Crippen molar-refractivity contribution < 1.29 is 13.9 Å². The molecule has 0 atom stereocenters. The van der Waals surface area contributed by atoms with Crippen LogP contribution in [0.3, 0.4) is 0 Å². The lowest BCUT2D eigenvalue weighted by molar-refractivity contribution is 0.102. The first-order valence-electron chi connectivity index (χ1n) is 7.33. The van der Waals surface area contributed by atoms with Gasteiger partial charge in [0.2, 0.25) is 0 Å². The number of fused-ring (bicyclic) bond motifs is 1. The SMILES string of the molecule is CNc1c(NC(=O)c2cccc(OC)c2)c(=O)oc2ccccc12. The number of hydrogen-bond donors (Lipinski definition) is 2. The first-order valence-corrected chi connectivity index (χ1v) is 7.33. The molecule has 0 saturated carbocycles. The van der Waals surface area contributed by atoms with Gasteiger partial charge >= 0.3 is 5.63 Å². The third kappa shape index (κ3) is 2.81. The lowest BCUT2D eigenvalue weighted by Crippen LogP contribution is -2.19. The summed E-state index contributed by atoms with van der Waals surface area (Å²) < 4.78 is 10.4. The summed E-state index contributed by atoms with van der Waals surface area (Å²) in [5, 5.41) is 6.29. The molecule has 0 bridgehead atoms. The van der Waals surface area contributed by atoms with Crippen molar-refractivity contribution in [1.29, 1.82) is 0 Å². The van der Waals surface area contributed by atoms with Crippen LogP contribution in [0.4, 0.5) is 11.4 Å². The summed E-state index contributed by atoms with van der Waals surface area (Å²) in [4.78, 5) is 24.7. The molecule has 2 aromatic carbocycles. The average molecular weight is 324 g/mol. The van der Waals surface area contributed by atoms with E-state index in [4.69, 9.17) is 9.15 Å². The van der Waals surface area contributed by atoms with Crippen molar-refractivity contribution in [2.75, 3.05) is 24.8 Å². The lowest BCUT2D eigenvalue weighted by atomic mass is 10.1. The van der Waals surface area contributed by atoms with E-state index in [9.17, 15) is 9.59 Å². The molecule has 0 fully saturated rings. The van der Waals surface area contributed by atoms with Crippen molar-refractivity contribution in [3.05, 3.63) is 64.5 Å². The molecule has 1 heterocycles. The van der Waals surface area contributed by atoms with E-state index in [1.54, 1.807) is 43.4 Å². The highest BCUT2D eigenvalue weighted by atomic mass is 16.5. The minimum Gasteiger partial charge on any atom is -0.497 e. The van der Waals surface area contributed by atoms with Crippen LogP contribution in [-0.2, 0) is 0 Å². The Bertz CT molecular complexity index is 963. The van der Waals surface area contributed by atoms with Crippen LogP contribution in [0.1, 0.15) is 10.4 Å². The summed E-state index contributed by atoms with van der Waals surface area (Å²) in [6, 6.07) is 13.8. The Hall–Kier alpha value is -3.28. The Morgan fingerprint density at radius 3 is 2.62 bits per heavy atom. The van der Waals surface area contributed by atoms with Gasteiger partial charge in [-0.1, -0.05) is 18.2 Å². The Morgan fingerprint density at radius 1 is 1.08 bits per heavy atom. The highest BCUT2D eigenvalue weighted by Gasteiger charge is 2.17. The number of carbonyl (C=O) groups is 1. The van der Waals surface area contributed by atoms with Crippen LogP contribution in [0.2, 0.25) is 0 Å². The monoisotopic (exact) mass is 324 g/mol. The van der Waals surface area contributed by atoms with E-state index in [1.807, 2.05) is 12.1 Å². The fourth-order valence-corrected chi connectivity index (χ4v) is 2.47. The first kappa shape index (κ1) is 15.6. The van der Waals surface area contributed by atoms with Gasteiger partial charge in [-0.2, -0.15) is 0 Å². The molecule has 0 unspecified atom stereocenters. The number of carbonyl (C=O) groups excluding carboxylic acids is 1. The lowest BCUT2D eigenvalue weighted by Gasteiger charge is -2.12. The number of nitrogens with one attached hydrogen (secondary N) is 2. The van der Waals surface area contributed by atoms with Crippen molar-refractivity contribution in [1.82, 2.24) is 0 Å². The van der Waals surface area contributed by atoms with Crippen LogP contribution < -0.4 is 21.0 Å². The summed E-state index contributed by atoms with van der Waals surface area (Å²) in [7, 11) is 3.20. The molecule has 24 heavy (non-hydrogen) atoms. The van der Waals surface area contributed by atoms with Gasteiger partial charge in [0.15, 0.2) is 5.69 Å². The van der Waals surface area contributed by atoms with Gasteiger partial charge in [0.1, 0.15) is 11.3 Å². The minimum atomic E-state index is -0.616. The second-order valence-corrected chi connectivity index (χ2v) is 5.07. The molecule has 1 amide bonds. The number of para-hydroxylation sites is 1. The molecule has 6 heteroatoms. The van der Waals surface area contributed by atoms with E-state index < -0.39 is 11.5 Å². The molecule has 2 N–H and O–H groups in total. The summed E-state index contributed by atoms with van der Waals surface area (Å²) in [6.07, 6.45) is 0. The van der Waals surface area contributed by atoms with E-state index in [2.05, 4.69) is 10.6 Å². The molecule has 6 nitrogen and oxygen atoms in total. The third-order valence-corrected chi connectivity index (χ3v) is 3.63. The zero-order valence-electron chi connectivity index (χ0n) is 13.3. The average Bonchev–Trinajstić information content (AvgIpc) is 2.62. The normalized spacial score (nSPS) is 10.4. The van der Waals surface area contributed by atoms with Gasteiger partial charge in [-0.05, 0) is 30.3 Å². The predicted molar refractivity (Wildman–Crippen MR) is 93.0 cm³/mol. The number of hydrogen-bond acceptors (Lipinski definition) is 5. The fourth-order valence-electron chi connectivity index (χ4n) is 2.47. The summed E-state index contributed by atoms with van der Waals surface area (Å²) >= 11 is 0. The molecule has 0 spiro atoms. The Balaban J connectivity index is 2.04. The van der Waals surface area contributed by atoms with Crippen molar-refractivity contribution in [2.24, 2.45) is 0 Å². The fraction of sp³-hybridized carbons (Fsp3) is 0.111. The molecule has 3 rings (SSSR count). The Labute approximate surface area is 138 Å². The molecule has 0 aliphatic carbocycles. The molecular weight excluding hydrogens is 308 g/mol. The van der Waals surface area contributed by atoms with Crippen LogP contribution in [0.15, 0.2) is 57.7 Å². The quantitative estimate of drug-likeness (QED) is 0.721. The van der Waals surface area contributed by atoms with Crippen molar-refractivity contribution in [3.8, 4) is 5.75 Å². The van der Waals surface area contributed by atoms with Crippen molar-refractivity contribution in [3.63, 3.8) is 0 Å². The van der Waals surface area contributed by atoms with Crippen LogP contribution in [-0.4, -0.2) is 20.1 Å². The molecule has 3 aromatic rings. The molecule has 0 saturated heterocycles. The summed E-state index contributed by atoms with van der Waals surface area (Å²) in [5.74, 6) is 0.134. The van der Waals surface area contributed by atoms with E-state index in [0.29, 0.717) is 28.0 Å². The van der Waals surface area contributed by atoms with E-state index >= 15 is 0 Å². The molecule has 0 radical (unpaired) electrons. The maximum absolute atomic E-state index is 12.5. The van der Waals surface area contributed by atoms with Crippen LogP contribution in [0.5, 0.6) is 5.75 Å². The van der Waals surface area contributed by atoms with Gasteiger partial charge in [-0.25, -0.2) is 4.79 Å². The van der Waals surface area contributed by atoms with Crippen LogP contribution in [0, 0.1) is 0 Å². The standard InChI is InChI=1S/C18H16N2O4/c1-19-15-13-8-3-4-9-14(13)24-18(22)16(15)20-17(21)11-6-5-7-12(10-11)23-2/h3-10,19H,1-2H3,(H,20,21). The largest absolute Gasteiger partial charge is 0.497 e. The van der Waals surface area contributed by atoms with Crippen LogP contribution in [0.25, 0.3) is 11.0 Å². The Kier molecular flexibility index (Phi) is 4.20. The van der Waals surface area contributed by atoms with Crippen molar-refractivity contribution >= 4 is 28.3 Å². The zero-order valence-corrected chi connectivity index (χ0v) is 13.3. The summed E-state index contributed by atoms with van der Waals surface area (Å²) in [5.41, 5.74) is 0.798. The maximum atomic E-state index is 12.5. The van der Waals surface area contributed by atoms with Gasteiger partial charge in [0.05, 0.1) is 12.8 Å². The van der Waals surface area contributed by atoms with Gasteiger partial charge in [-0.15, -0.1) is 0 Å². The number of anilines is 2. The van der Waals surface area contributed by atoms with Gasteiger partial charge in [0.25, 0.3) is 5.91 Å². The second-order valence-electron chi connectivity index (χ2n) is 5.07. The van der Waals surface area contributed by atoms with E-state index in [0.717, 1.165) is 0 Å². The second kappa shape index (κ2) is 6.45. The Morgan fingerprint density at radius 2 is 1.88 bits per heavy atom. The topological polar surface area (TPSA) is 80.6 Å². The minimum absolute atomic E-state index is 0.0732. The van der Waals surface area contributed by atoms with E-state index in [-0.39, 0.29) is 5.69 Å². The number of ether oxygens (including phenoxy) is 1. The highest BCUT2D eigenvalue weighted by molar-refractivity contribution is 6.08. The molecule has 122 valence electrons. The number of methoxy groups -OCH3 is 1. The van der Waals surface area contributed by atoms with Gasteiger partial charge in [-0.3, -0.25) is 4.79 Å². The first-order chi connectivity index (χ1) is 11.6. The predicted octanol–water partition coefficient (Wildman–Crippen LogP) is 3.10. The molecule has 0 aliphatic rings. The number of rotatable bonds is 4. The van der Waals surface area contributed by atoms with Gasteiger partial charge in [0, 0.05) is 18.0 Å².